The molecule has 15 heavy (non-hydrogen) atoms. The average Bonchev–Trinajstić information content (AvgIpc) is 2.26. The smallest absolute Gasteiger partial charge is 0.189 e. The first-order valence-corrected chi connectivity index (χ1v) is 4.48. The number of fused-ring (bicyclic) bond motifs is 1. The van der Waals surface area contributed by atoms with Crippen molar-refractivity contribution in [3.63, 3.8) is 0 Å². The number of benzene rings is 1. The molecule has 0 unspecified atom stereocenters. The predicted molar refractivity (Wildman–Crippen MR) is 50.1 cm³/mol. The second-order valence-electron chi connectivity index (χ2n) is 3.18. The SMILES string of the molecule is NCC(=O)c1cc(F)cc2c1OCOC2. The maximum absolute atomic E-state index is 13.1. The van der Waals surface area contributed by atoms with E-state index in [9.17, 15) is 9.18 Å². The number of carbonyl (C=O) groups is 1. The van der Waals surface area contributed by atoms with Crippen molar-refractivity contribution in [3.05, 3.63) is 29.1 Å². The Balaban J connectivity index is 2.52. The lowest BCUT2D eigenvalue weighted by Gasteiger charge is -2.19. The molecule has 0 saturated carbocycles. The molecule has 0 amide bonds. The van der Waals surface area contributed by atoms with E-state index in [1.165, 1.54) is 6.07 Å². The van der Waals surface area contributed by atoms with E-state index in [2.05, 4.69) is 0 Å². The summed E-state index contributed by atoms with van der Waals surface area (Å²) >= 11 is 0. The second-order valence-corrected chi connectivity index (χ2v) is 3.18. The molecule has 1 aromatic carbocycles. The van der Waals surface area contributed by atoms with Crippen molar-refractivity contribution in [2.75, 3.05) is 13.3 Å². The van der Waals surface area contributed by atoms with Gasteiger partial charge in [-0.3, -0.25) is 4.79 Å². The fraction of sp³-hybridized carbons (Fsp3) is 0.300. The summed E-state index contributed by atoms with van der Waals surface area (Å²) in [5.74, 6) is -0.439. The quantitative estimate of drug-likeness (QED) is 0.736. The van der Waals surface area contributed by atoms with Crippen molar-refractivity contribution in [3.8, 4) is 5.75 Å². The fourth-order valence-corrected chi connectivity index (χ4v) is 1.50. The van der Waals surface area contributed by atoms with Gasteiger partial charge in [0.15, 0.2) is 12.6 Å². The predicted octanol–water partition coefficient (Wildman–Crippen LogP) is 0.834. The van der Waals surface area contributed by atoms with Crippen LogP contribution in [-0.4, -0.2) is 19.1 Å². The molecule has 0 radical (unpaired) electrons. The largest absolute Gasteiger partial charge is 0.466 e. The number of carbonyl (C=O) groups excluding carboxylic acids is 1. The van der Waals surface area contributed by atoms with E-state index in [1.54, 1.807) is 0 Å². The number of ketones is 1. The van der Waals surface area contributed by atoms with Crippen molar-refractivity contribution >= 4 is 5.78 Å². The third kappa shape index (κ3) is 1.84. The van der Waals surface area contributed by atoms with Gasteiger partial charge in [0.05, 0.1) is 18.7 Å². The van der Waals surface area contributed by atoms with Crippen LogP contribution >= 0.6 is 0 Å². The molecule has 2 N–H and O–H groups in total. The zero-order valence-electron chi connectivity index (χ0n) is 7.96. The van der Waals surface area contributed by atoms with Crippen molar-refractivity contribution in [2.45, 2.75) is 6.61 Å². The molecule has 0 atom stereocenters. The van der Waals surface area contributed by atoms with Crippen LogP contribution in [0.25, 0.3) is 0 Å². The molecule has 1 aromatic rings. The maximum atomic E-state index is 13.1. The molecule has 0 aliphatic carbocycles. The van der Waals surface area contributed by atoms with E-state index in [0.29, 0.717) is 11.3 Å². The van der Waals surface area contributed by atoms with Crippen molar-refractivity contribution in [1.29, 1.82) is 0 Å². The zero-order chi connectivity index (χ0) is 10.8. The normalized spacial score (nSPS) is 14.3. The van der Waals surface area contributed by atoms with E-state index < -0.39 is 5.82 Å². The van der Waals surface area contributed by atoms with Gasteiger partial charge in [0, 0.05) is 5.56 Å². The molecule has 0 fully saturated rings. The Morgan fingerprint density at radius 3 is 3.07 bits per heavy atom. The maximum Gasteiger partial charge on any atom is 0.189 e. The highest BCUT2D eigenvalue weighted by Crippen LogP contribution is 2.29. The van der Waals surface area contributed by atoms with Gasteiger partial charge >= 0.3 is 0 Å². The molecule has 1 heterocycles. The van der Waals surface area contributed by atoms with E-state index in [0.717, 1.165) is 6.07 Å². The van der Waals surface area contributed by atoms with Gasteiger partial charge in [0.25, 0.3) is 0 Å². The summed E-state index contributed by atoms with van der Waals surface area (Å²) in [4.78, 5) is 11.4. The number of rotatable bonds is 2. The molecule has 1 aliphatic heterocycles. The summed E-state index contributed by atoms with van der Waals surface area (Å²) in [5.41, 5.74) is 5.96. The summed E-state index contributed by atoms with van der Waals surface area (Å²) in [6.45, 7) is 0.154. The van der Waals surface area contributed by atoms with Crippen LogP contribution in [0.15, 0.2) is 12.1 Å². The van der Waals surface area contributed by atoms with Gasteiger partial charge in [0.2, 0.25) is 0 Å². The van der Waals surface area contributed by atoms with E-state index in [-0.39, 0.29) is 31.3 Å². The standard InChI is InChI=1S/C10H10FNO3/c11-7-1-6-4-14-5-15-10(6)8(2-7)9(13)3-12/h1-2H,3-5,12H2. The van der Waals surface area contributed by atoms with Crippen LogP contribution in [0.3, 0.4) is 0 Å². The average molecular weight is 211 g/mol. The summed E-state index contributed by atoms with van der Waals surface area (Å²) in [7, 11) is 0. The Labute approximate surface area is 85.8 Å². The summed E-state index contributed by atoms with van der Waals surface area (Å²) in [6, 6.07) is 2.43. The Morgan fingerprint density at radius 2 is 2.33 bits per heavy atom. The summed E-state index contributed by atoms with van der Waals surface area (Å²) < 4.78 is 23.3. The molecule has 0 bridgehead atoms. The number of hydrogen-bond donors (Lipinski definition) is 1. The van der Waals surface area contributed by atoms with Crippen molar-refractivity contribution < 1.29 is 18.7 Å². The number of hydrogen-bond acceptors (Lipinski definition) is 4. The third-order valence-corrected chi connectivity index (χ3v) is 2.16. The van der Waals surface area contributed by atoms with E-state index in [1.807, 2.05) is 0 Å². The van der Waals surface area contributed by atoms with Crippen LogP contribution in [0.4, 0.5) is 4.39 Å². The highest BCUT2D eigenvalue weighted by Gasteiger charge is 2.20. The molecule has 0 saturated heterocycles. The first-order valence-electron chi connectivity index (χ1n) is 4.48. The summed E-state index contributed by atoms with van der Waals surface area (Å²) in [5, 5.41) is 0. The van der Waals surface area contributed by atoms with Gasteiger partial charge in [-0.2, -0.15) is 0 Å². The topological polar surface area (TPSA) is 61.6 Å². The number of halogens is 1. The van der Waals surface area contributed by atoms with Crippen LogP contribution in [0.1, 0.15) is 15.9 Å². The Hall–Kier alpha value is -1.46. The van der Waals surface area contributed by atoms with Gasteiger partial charge in [0.1, 0.15) is 11.6 Å². The first kappa shape index (κ1) is 10.1. The van der Waals surface area contributed by atoms with Crippen LogP contribution < -0.4 is 10.5 Å². The van der Waals surface area contributed by atoms with E-state index in [4.69, 9.17) is 15.2 Å². The van der Waals surface area contributed by atoms with Crippen molar-refractivity contribution in [1.82, 2.24) is 0 Å². The molecule has 2 rings (SSSR count). The molecule has 80 valence electrons. The molecule has 4 nitrogen and oxygen atoms in total. The van der Waals surface area contributed by atoms with Gasteiger partial charge in [-0.05, 0) is 12.1 Å². The lowest BCUT2D eigenvalue weighted by atomic mass is 10.0. The van der Waals surface area contributed by atoms with Gasteiger partial charge in [-0.25, -0.2) is 4.39 Å². The van der Waals surface area contributed by atoms with Crippen molar-refractivity contribution in [2.24, 2.45) is 5.73 Å². The first-order chi connectivity index (χ1) is 7.22. The second kappa shape index (κ2) is 3.96. The van der Waals surface area contributed by atoms with Gasteiger partial charge < -0.3 is 15.2 Å². The Kier molecular flexibility index (Phi) is 2.66. The lowest BCUT2D eigenvalue weighted by molar-refractivity contribution is -0.0170. The molecule has 5 heteroatoms. The minimum atomic E-state index is -0.486. The molecular weight excluding hydrogens is 201 g/mol. The highest BCUT2D eigenvalue weighted by molar-refractivity contribution is 6.00. The van der Waals surface area contributed by atoms with Crippen LogP contribution in [-0.2, 0) is 11.3 Å². The van der Waals surface area contributed by atoms with E-state index >= 15 is 0 Å². The Bertz CT molecular complexity index is 406. The molecular formula is C10H10FNO3. The van der Waals surface area contributed by atoms with Gasteiger partial charge in [-0.15, -0.1) is 0 Å². The third-order valence-electron chi connectivity index (χ3n) is 2.16. The molecule has 0 spiro atoms. The number of ether oxygens (including phenoxy) is 2. The van der Waals surface area contributed by atoms with Gasteiger partial charge in [-0.1, -0.05) is 0 Å². The zero-order valence-corrected chi connectivity index (χ0v) is 7.96. The van der Waals surface area contributed by atoms with Crippen LogP contribution in [0.2, 0.25) is 0 Å². The minimum absolute atomic E-state index is 0.0729. The Morgan fingerprint density at radius 1 is 1.53 bits per heavy atom. The van der Waals surface area contributed by atoms with Crippen LogP contribution in [0.5, 0.6) is 5.75 Å². The fourth-order valence-electron chi connectivity index (χ4n) is 1.50. The number of nitrogens with two attached hydrogens (primary N) is 1. The molecule has 1 aliphatic rings. The summed E-state index contributed by atoms with van der Waals surface area (Å²) in [6.07, 6.45) is 0. The number of Topliss-reactive ketones (excluding diaryl/α,β-unsaturated/α-hetero) is 1. The lowest BCUT2D eigenvalue weighted by Crippen LogP contribution is -2.19. The monoisotopic (exact) mass is 211 g/mol. The highest BCUT2D eigenvalue weighted by atomic mass is 19.1. The van der Waals surface area contributed by atoms with Crippen LogP contribution in [0, 0.1) is 5.82 Å². The minimum Gasteiger partial charge on any atom is -0.466 e. The molecule has 0 aromatic heterocycles.